The Morgan fingerprint density at radius 2 is 1.97 bits per heavy atom. The van der Waals surface area contributed by atoms with Gasteiger partial charge in [0.2, 0.25) is 0 Å². The second-order valence-corrected chi connectivity index (χ2v) is 8.13. The molecule has 0 aliphatic carbocycles. The monoisotopic (exact) mass is 418 g/mol. The molecule has 0 saturated carbocycles. The fourth-order valence-electron chi connectivity index (χ4n) is 4.03. The maximum atomic E-state index is 12.9. The summed E-state index contributed by atoms with van der Waals surface area (Å²) in [6, 6.07) is 7.74. The molecule has 158 valence electrons. The smallest absolute Gasteiger partial charge is 0.172 e. The lowest BCUT2D eigenvalue weighted by atomic mass is 10.0. The van der Waals surface area contributed by atoms with Crippen LogP contribution in [0.4, 0.5) is 0 Å². The highest BCUT2D eigenvalue weighted by molar-refractivity contribution is 5.97. The van der Waals surface area contributed by atoms with Gasteiger partial charge in [-0.1, -0.05) is 6.07 Å². The van der Waals surface area contributed by atoms with Crippen LogP contribution in [0, 0.1) is 0 Å². The molecule has 5 rings (SSSR count). The van der Waals surface area contributed by atoms with Crippen LogP contribution in [0.5, 0.6) is 0 Å². The van der Waals surface area contributed by atoms with E-state index in [0.717, 1.165) is 41.6 Å². The van der Waals surface area contributed by atoms with Gasteiger partial charge in [0.25, 0.3) is 0 Å². The van der Waals surface area contributed by atoms with Crippen molar-refractivity contribution >= 4 is 16.7 Å². The number of nitrogens with zero attached hydrogens (tertiary/aromatic N) is 7. The average molecular weight is 419 g/mol. The molecule has 8 heteroatoms. The third-order valence-corrected chi connectivity index (χ3v) is 5.88. The minimum atomic E-state index is -2.32. The second-order valence-electron chi connectivity index (χ2n) is 8.13. The summed E-state index contributed by atoms with van der Waals surface area (Å²) < 4.78 is 25.3. The molecular formula is C23H25N7O. The summed E-state index contributed by atoms with van der Waals surface area (Å²) in [6.45, 7) is -0.270. The van der Waals surface area contributed by atoms with Gasteiger partial charge in [0, 0.05) is 34.4 Å². The van der Waals surface area contributed by atoms with Crippen LogP contribution < -0.4 is 0 Å². The van der Waals surface area contributed by atoms with E-state index in [1.54, 1.807) is 6.20 Å². The van der Waals surface area contributed by atoms with Crippen molar-refractivity contribution in [3.8, 4) is 11.1 Å². The van der Waals surface area contributed by atoms with Gasteiger partial charge in [0.15, 0.2) is 5.78 Å². The molecule has 31 heavy (non-hydrogen) atoms. The fraction of sp³-hybridized carbons (Fsp3) is 0.348. The van der Waals surface area contributed by atoms with Crippen LogP contribution in [0.25, 0.3) is 22.0 Å². The Morgan fingerprint density at radius 1 is 1.10 bits per heavy atom. The lowest BCUT2D eigenvalue weighted by Crippen LogP contribution is -2.31. The van der Waals surface area contributed by atoms with Gasteiger partial charge < -0.3 is 4.90 Å². The van der Waals surface area contributed by atoms with Crippen LogP contribution in [0.15, 0.2) is 49.1 Å². The molecular weight excluding hydrogens is 390 g/mol. The van der Waals surface area contributed by atoms with Gasteiger partial charge in [-0.3, -0.25) is 14.2 Å². The predicted molar refractivity (Wildman–Crippen MR) is 118 cm³/mol. The summed E-state index contributed by atoms with van der Waals surface area (Å²) in [4.78, 5) is 15.2. The summed E-state index contributed by atoms with van der Waals surface area (Å²) in [6.07, 6.45) is 8.67. The highest BCUT2D eigenvalue weighted by Crippen LogP contribution is 2.24. The van der Waals surface area contributed by atoms with E-state index >= 15 is 0 Å². The van der Waals surface area contributed by atoms with Crippen LogP contribution >= 0.6 is 0 Å². The van der Waals surface area contributed by atoms with Gasteiger partial charge >= 0.3 is 0 Å². The molecule has 1 aliphatic heterocycles. The maximum Gasteiger partial charge on any atom is 0.172 e. The lowest BCUT2D eigenvalue weighted by Gasteiger charge is -2.28. The van der Waals surface area contributed by atoms with Gasteiger partial charge in [0.1, 0.15) is 0 Å². The Kier molecular flexibility index (Phi) is 4.23. The molecule has 3 aromatic heterocycles. The van der Waals surface area contributed by atoms with Crippen LogP contribution in [0.3, 0.4) is 0 Å². The summed E-state index contributed by atoms with van der Waals surface area (Å²) in [5, 5.41) is 17.7. The number of benzene rings is 1. The molecule has 0 bridgehead atoms. The Balaban J connectivity index is 1.33. The molecule has 4 heterocycles. The van der Waals surface area contributed by atoms with E-state index in [2.05, 4.69) is 32.3 Å². The van der Waals surface area contributed by atoms with Gasteiger partial charge in [-0.15, -0.1) is 0 Å². The topological polar surface area (TPSA) is 81.7 Å². The molecule has 0 radical (unpaired) electrons. The van der Waals surface area contributed by atoms with Crippen LogP contribution in [-0.4, -0.2) is 60.6 Å². The van der Waals surface area contributed by atoms with E-state index in [0.29, 0.717) is 28.4 Å². The number of rotatable bonds is 5. The Labute approximate surface area is 184 Å². The van der Waals surface area contributed by atoms with Gasteiger partial charge in [0.05, 0.1) is 41.6 Å². The third-order valence-electron chi connectivity index (χ3n) is 5.88. The maximum absolute atomic E-state index is 12.9. The first-order chi connectivity index (χ1) is 16.3. The number of ketones is 1. The summed E-state index contributed by atoms with van der Waals surface area (Å²) >= 11 is 0. The predicted octanol–water partition coefficient (Wildman–Crippen LogP) is 2.92. The number of hydrogen-bond acceptors (Lipinski definition) is 6. The minimum absolute atomic E-state index is 0.0528. The molecule has 4 aromatic rings. The number of likely N-dealkylation sites (tertiary alicyclic amines) is 1. The number of aromatic nitrogens is 6. The summed E-state index contributed by atoms with van der Waals surface area (Å²) in [5.74, 6) is -0.0528. The van der Waals surface area contributed by atoms with E-state index in [1.165, 1.54) is 12.4 Å². The number of carbonyl (C=O) groups is 1. The number of piperidine rings is 1. The van der Waals surface area contributed by atoms with Crippen LogP contribution in [0.2, 0.25) is 0 Å². The van der Waals surface area contributed by atoms with Crippen molar-refractivity contribution in [1.82, 2.24) is 34.7 Å². The zero-order chi connectivity index (χ0) is 23.9. The highest BCUT2D eigenvalue weighted by atomic mass is 16.1. The standard InChI is InChI=1S/C23H25N7O/c1-28-7-5-21(6-8-28)30-15-19(13-25-30)23(31)11-20-10-17-9-16(3-4-22(17)27-26-20)18-12-24-29(2)14-18/h3-4,9-10,12-15,21H,5-8,11H2,1-2H3/i2D3. The quantitative estimate of drug-likeness (QED) is 0.464. The number of aryl methyl sites for hydroxylation is 1. The number of hydrogen-bond donors (Lipinski definition) is 0. The normalized spacial score (nSPS) is 17.4. The van der Waals surface area contributed by atoms with Gasteiger partial charge in [-0.25, -0.2) is 0 Å². The Morgan fingerprint density at radius 3 is 2.77 bits per heavy atom. The van der Waals surface area contributed by atoms with E-state index in [-0.39, 0.29) is 12.2 Å². The van der Waals surface area contributed by atoms with Crippen molar-refractivity contribution in [2.45, 2.75) is 25.3 Å². The average Bonchev–Trinajstić information content (AvgIpc) is 3.49. The van der Waals surface area contributed by atoms with Crippen LogP contribution in [0.1, 0.15) is 39.0 Å². The van der Waals surface area contributed by atoms with Crippen molar-refractivity contribution in [3.05, 3.63) is 60.3 Å². The molecule has 1 saturated heterocycles. The first-order valence-corrected chi connectivity index (χ1v) is 10.3. The van der Waals surface area contributed by atoms with Crippen molar-refractivity contribution in [2.75, 3.05) is 20.1 Å². The molecule has 1 aromatic carbocycles. The van der Waals surface area contributed by atoms with E-state index in [9.17, 15) is 4.79 Å². The lowest BCUT2D eigenvalue weighted by molar-refractivity contribution is 0.0991. The third kappa shape index (κ3) is 4.11. The number of fused-ring (bicyclic) bond motifs is 1. The highest BCUT2D eigenvalue weighted by Gasteiger charge is 2.20. The van der Waals surface area contributed by atoms with Crippen molar-refractivity contribution in [1.29, 1.82) is 0 Å². The molecule has 1 fully saturated rings. The molecule has 8 nitrogen and oxygen atoms in total. The van der Waals surface area contributed by atoms with Gasteiger partial charge in [-0.2, -0.15) is 20.4 Å². The molecule has 0 atom stereocenters. The SMILES string of the molecule is [2H]C([2H])([2H])n1cc(-c2ccc3nnc(CC(=O)c4cnn(C5CCN(C)CC5)c4)cc3c2)cn1. The van der Waals surface area contributed by atoms with Crippen molar-refractivity contribution in [3.63, 3.8) is 0 Å². The molecule has 0 N–H and O–H groups in total. The second kappa shape index (κ2) is 8.03. The first kappa shape index (κ1) is 16.3. The minimum Gasteiger partial charge on any atom is -0.306 e. The summed E-state index contributed by atoms with van der Waals surface area (Å²) in [7, 11) is 2.12. The van der Waals surface area contributed by atoms with Gasteiger partial charge in [-0.05, 0) is 56.7 Å². The number of carbonyl (C=O) groups excluding carboxylic acids is 1. The molecule has 0 amide bonds. The Bertz CT molecular complexity index is 1340. The van der Waals surface area contributed by atoms with E-state index in [4.69, 9.17) is 4.11 Å². The zero-order valence-corrected chi connectivity index (χ0v) is 17.3. The van der Waals surface area contributed by atoms with Crippen molar-refractivity contribution in [2.24, 2.45) is 6.98 Å². The first-order valence-electron chi connectivity index (χ1n) is 11.8. The molecule has 0 spiro atoms. The largest absolute Gasteiger partial charge is 0.306 e. The van der Waals surface area contributed by atoms with Crippen LogP contribution in [-0.2, 0) is 13.4 Å². The Hall–Kier alpha value is -3.39. The molecule has 1 aliphatic rings. The van der Waals surface area contributed by atoms with E-state index in [1.807, 2.05) is 35.1 Å². The zero-order valence-electron chi connectivity index (χ0n) is 20.3. The number of Topliss-reactive ketones (excluding diaryl/α,β-unsaturated/α-hetero) is 1. The molecule has 0 unspecified atom stereocenters. The van der Waals surface area contributed by atoms with E-state index < -0.39 is 6.98 Å². The van der Waals surface area contributed by atoms with Crippen molar-refractivity contribution < 1.29 is 8.91 Å². The summed E-state index contributed by atoms with van der Waals surface area (Å²) in [5.41, 5.74) is 3.34. The fourth-order valence-corrected chi connectivity index (χ4v) is 4.03.